The van der Waals surface area contributed by atoms with Gasteiger partial charge in [0.05, 0.1) is 19.4 Å². The standard InChI is InChI=1S/C13H18N2O3/c1-17-12-6-10(7-15-8-12)13(16)9-18-11-2-4-14-5-3-11/h6-8,11,14H,2-5,9H2,1H3. The lowest BCUT2D eigenvalue weighted by molar-refractivity contribution is 0.0317. The smallest absolute Gasteiger partial charge is 0.190 e. The molecule has 18 heavy (non-hydrogen) atoms. The van der Waals surface area contributed by atoms with Crippen molar-refractivity contribution >= 4 is 5.78 Å². The molecule has 0 spiro atoms. The van der Waals surface area contributed by atoms with Crippen LogP contribution < -0.4 is 10.1 Å². The van der Waals surface area contributed by atoms with Gasteiger partial charge in [0.1, 0.15) is 12.4 Å². The first-order valence-electron chi connectivity index (χ1n) is 6.14. The first-order valence-corrected chi connectivity index (χ1v) is 6.14. The molecule has 1 aliphatic heterocycles. The molecule has 1 saturated heterocycles. The minimum absolute atomic E-state index is 0.0556. The quantitative estimate of drug-likeness (QED) is 0.791. The van der Waals surface area contributed by atoms with Crippen molar-refractivity contribution in [2.24, 2.45) is 0 Å². The maximum absolute atomic E-state index is 11.9. The molecule has 98 valence electrons. The summed E-state index contributed by atoms with van der Waals surface area (Å²) in [5, 5.41) is 3.26. The predicted molar refractivity (Wildman–Crippen MR) is 67.0 cm³/mol. The molecule has 2 heterocycles. The number of aromatic nitrogens is 1. The molecule has 2 rings (SSSR count). The largest absolute Gasteiger partial charge is 0.495 e. The summed E-state index contributed by atoms with van der Waals surface area (Å²) in [6, 6.07) is 1.68. The Balaban J connectivity index is 1.86. The van der Waals surface area contributed by atoms with Crippen LogP contribution in [0.15, 0.2) is 18.5 Å². The molecule has 0 aliphatic carbocycles. The third kappa shape index (κ3) is 3.51. The third-order valence-electron chi connectivity index (χ3n) is 3.01. The molecule has 1 N–H and O–H groups in total. The molecule has 0 unspecified atom stereocenters. The van der Waals surface area contributed by atoms with Crippen LogP contribution in [0.2, 0.25) is 0 Å². The number of carbonyl (C=O) groups excluding carboxylic acids is 1. The second-order valence-electron chi connectivity index (χ2n) is 4.30. The maximum Gasteiger partial charge on any atom is 0.190 e. The first kappa shape index (κ1) is 13.0. The summed E-state index contributed by atoms with van der Waals surface area (Å²) in [5.74, 6) is 0.530. The van der Waals surface area contributed by atoms with E-state index in [0.717, 1.165) is 25.9 Å². The lowest BCUT2D eigenvalue weighted by atomic mass is 10.1. The van der Waals surface area contributed by atoms with E-state index in [9.17, 15) is 4.79 Å². The number of nitrogens with one attached hydrogen (secondary N) is 1. The molecule has 0 atom stereocenters. The van der Waals surface area contributed by atoms with Gasteiger partial charge in [-0.1, -0.05) is 0 Å². The minimum atomic E-state index is -0.0556. The number of nitrogens with zero attached hydrogens (tertiary/aromatic N) is 1. The van der Waals surface area contributed by atoms with Gasteiger partial charge in [0.2, 0.25) is 0 Å². The average molecular weight is 250 g/mol. The zero-order chi connectivity index (χ0) is 12.8. The fourth-order valence-corrected chi connectivity index (χ4v) is 1.92. The highest BCUT2D eigenvalue weighted by atomic mass is 16.5. The number of methoxy groups -OCH3 is 1. The number of carbonyl (C=O) groups is 1. The fraction of sp³-hybridized carbons (Fsp3) is 0.538. The van der Waals surface area contributed by atoms with E-state index in [2.05, 4.69) is 10.3 Å². The molecule has 0 amide bonds. The molecule has 5 nitrogen and oxygen atoms in total. The predicted octanol–water partition coefficient (Wildman–Crippen LogP) is 1.04. The number of hydrogen-bond donors (Lipinski definition) is 1. The van der Waals surface area contributed by atoms with Crippen LogP contribution >= 0.6 is 0 Å². The molecule has 1 fully saturated rings. The summed E-state index contributed by atoms with van der Waals surface area (Å²) >= 11 is 0. The van der Waals surface area contributed by atoms with Crippen LogP contribution in [0, 0.1) is 0 Å². The Bertz CT molecular complexity index is 403. The van der Waals surface area contributed by atoms with Crippen molar-refractivity contribution < 1.29 is 14.3 Å². The van der Waals surface area contributed by atoms with Gasteiger partial charge in [0, 0.05) is 11.8 Å². The van der Waals surface area contributed by atoms with Crippen molar-refractivity contribution in [2.75, 3.05) is 26.8 Å². The van der Waals surface area contributed by atoms with Gasteiger partial charge >= 0.3 is 0 Å². The molecular formula is C13H18N2O3. The monoisotopic (exact) mass is 250 g/mol. The van der Waals surface area contributed by atoms with Crippen molar-refractivity contribution in [3.8, 4) is 5.75 Å². The van der Waals surface area contributed by atoms with E-state index >= 15 is 0 Å². The van der Waals surface area contributed by atoms with Crippen LogP contribution in [0.5, 0.6) is 5.75 Å². The van der Waals surface area contributed by atoms with Gasteiger partial charge in [-0.3, -0.25) is 9.78 Å². The number of ether oxygens (including phenoxy) is 2. The van der Waals surface area contributed by atoms with Gasteiger partial charge < -0.3 is 14.8 Å². The molecular weight excluding hydrogens is 232 g/mol. The summed E-state index contributed by atoms with van der Waals surface area (Å²) in [7, 11) is 1.55. The first-order chi connectivity index (χ1) is 8.79. The van der Waals surface area contributed by atoms with Gasteiger partial charge in [-0.05, 0) is 32.0 Å². The SMILES string of the molecule is COc1cncc(C(=O)COC2CCNCC2)c1. The molecule has 1 aromatic heterocycles. The molecule has 5 heteroatoms. The number of hydrogen-bond acceptors (Lipinski definition) is 5. The van der Waals surface area contributed by atoms with Gasteiger partial charge in [-0.25, -0.2) is 0 Å². The van der Waals surface area contributed by atoms with Crippen molar-refractivity contribution in [3.63, 3.8) is 0 Å². The minimum Gasteiger partial charge on any atom is -0.495 e. The van der Waals surface area contributed by atoms with Crippen molar-refractivity contribution in [2.45, 2.75) is 18.9 Å². The van der Waals surface area contributed by atoms with Crippen LogP contribution in [0.1, 0.15) is 23.2 Å². The highest BCUT2D eigenvalue weighted by Crippen LogP contribution is 2.12. The maximum atomic E-state index is 11.9. The van der Waals surface area contributed by atoms with E-state index in [1.807, 2.05) is 0 Å². The number of rotatable bonds is 5. The van der Waals surface area contributed by atoms with Crippen LogP contribution in [0.4, 0.5) is 0 Å². The molecule has 0 radical (unpaired) electrons. The third-order valence-corrected chi connectivity index (χ3v) is 3.01. The Hall–Kier alpha value is -1.46. The van der Waals surface area contributed by atoms with Crippen LogP contribution in [-0.2, 0) is 4.74 Å². The van der Waals surface area contributed by atoms with E-state index in [-0.39, 0.29) is 18.5 Å². The Labute approximate surface area is 107 Å². The van der Waals surface area contributed by atoms with E-state index in [0.29, 0.717) is 11.3 Å². The Kier molecular flexibility index (Phi) is 4.66. The average Bonchev–Trinajstić information content (AvgIpc) is 2.46. The van der Waals surface area contributed by atoms with Crippen molar-refractivity contribution in [3.05, 3.63) is 24.0 Å². The fourth-order valence-electron chi connectivity index (χ4n) is 1.92. The number of Topliss-reactive ketones (excluding diaryl/α,β-unsaturated/α-hetero) is 1. The Morgan fingerprint density at radius 2 is 2.22 bits per heavy atom. The lowest BCUT2D eigenvalue weighted by Gasteiger charge is -2.22. The topological polar surface area (TPSA) is 60.5 Å². The number of pyridine rings is 1. The number of ketones is 1. The second-order valence-corrected chi connectivity index (χ2v) is 4.30. The van der Waals surface area contributed by atoms with Gasteiger partial charge in [-0.15, -0.1) is 0 Å². The van der Waals surface area contributed by atoms with Gasteiger partial charge in [-0.2, -0.15) is 0 Å². The van der Waals surface area contributed by atoms with E-state index in [1.165, 1.54) is 6.20 Å². The Morgan fingerprint density at radius 3 is 2.94 bits per heavy atom. The summed E-state index contributed by atoms with van der Waals surface area (Å²) in [6.07, 6.45) is 5.22. The van der Waals surface area contributed by atoms with E-state index in [1.54, 1.807) is 19.4 Å². The molecule has 0 saturated carbocycles. The van der Waals surface area contributed by atoms with Crippen LogP contribution in [0.25, 0.3) is 0 Å². The second kappa shape index (κ2) is 6.47. The summed E-state index contributed by atoms with van der Waals surface area (Å²) in [6.45, 7) is 2.03. The number of piperidine rings is 1. The molecule has 0 aromatic carbocycles. The van der Waals surface area contributed by atoms with Gasteiger partial charge in [0.25, 0.3) is 0 Å². The summed E-state index contributed by atoms with van der Waals surface area (Å²) in [5.41, 5.74) is 0.531. The highest BCUT2D eigenvalue weighted by molar-refractivity contribution is 5.97. The molecule has 0 bridgehead atoms. The Morgan fingerprint density at radius 1 is 1.44 bits per heavy atom. The molecule has 1 aromatic rings. The normalized spacial score (nSPS) is 16.5. The van der Waals surface area contributed by atoms with Gasteiger partial charge in [0.15, 0.2) is 5.78 Å². The van der Waals surface area contributed by atoms with Crippen molar-refractivity contribution in [1.82, 2.24) is 10.3 Å². The van der Waals surface area contributed by atoms with Crippen LogP contribution in [-0.4, -0.2) is 43.7 Å². The van der Waals surface area contributed by atoms with E-state index < -0.39 is 0 Å². The molecule has 1 aliphatic rings. The summed E-state index contributed by atoms with van der Waals surface area (Å²) in [4.78, 5) is 15.9. The van der Waals surface area contributed by atoms with Crippen molar-refractivity contribution in [1.29, 1.82) is 0 Å². The lowest BCUT2D eigenvalue weighted by Crippen LogP contribution is -2.33. The van der Waals surface area contributed by atoms with Crippen LogP contribution in [0.3, 0.4) is 0 Å². The highest BCUT2D eigenvalue weighted by Gasteiger charge is 2.15. The summed E-state index contributed by atoms with van der Waals surface area (Å²) < 4.78 is 10.7. The van der Waals surface area contributed by atoms with E-state index in [4.69, 9.17) is 9.47 Å². The zero-order valence-corrected chi connectivity index (χ0v) is 10.5. The zero-order valence-electron chi connectivity index (χ0n) is 10.5.